The van der Waals surface area contributed by atoms with E-state index in [0.717, 1.165) is 35.9 Å². The van der Waals surface area contributed by atoms with Gasteiger partial charge in [0, 0.05) is 31.3 Å². The van der Waals surface area contributed by atoms with E-state index in [1.54, 1.807) is 0 Å². The van der Waals surface area contributed by atoms with Gasteiger partial charge in [-0.15, -0.1) is 10.2 Å². The van der Waals surface area contributed by atoms with Gasteiger partial charge >= 0.3 is 0 Å². The maximum absolute atomic E-state index is 4.29. The molecule has 0 aliphatic carbocycles. The number of benzene rings is 1. The van der Waals surface area contributed by atoms with Crippen LogP contribution >= 0.6 is 0 Å². The van der Waals surface area contributed by atoms with Crippen LogP contribution in [0.5, 0.6) is 0 Å². The number of nitrogens with one attached hydrogen (secondary N) is 1. The zero-order valence-electron chi connectivity index (χ0n) is 9.27. The van der Waals surface area contributed by atoms with Gasteiger partial charge in [-0.1, -0.05) is 12.1 Å². The summed E-state index contributed by atoms with van der Waals surface area (Å²) in [4.78, 5) is 0. The first-order valence-electron chi connectivity index (χ1n) is 5.59. The highest BCUT2D eigenvalue weighted by atomic mass is 15.3. The maximum atomic E-state index is 4.29. The molecule has 0 saturated heterocycles. The molecule has 0 spiro atoms. The van der Waals surface area contributed by atoms with Gasteiger partial charge in [0.25, 0.3) is 0 Å². The van der Waals surface area contributed by atoms with Crippen LogP contribution in [0.2, 0.25) is 0 Å². The first-order chi connectivity index (χ1) is 7.90. The average Bonchev–Trinajstić information content (AvgIpc) is 2.91. The average molecular weight is 214 g/mol. The molecule has 1 aliphatic heterocycles. The van der Waals surface area contributed by atoms with Crippen LogP contribution in [0.15, 0.2) is 24.3 Å². The standard InChI is InChI=1S/C12H14N4/c1-13-10-6-3-2-5-9(10)12-15-14-11-7-4-8-16(11)12/h2-3,5-6,13H,4,7-8H2,1H3. The van der Waals surface area contributed by atoms with E-state index in [1.165, 1.54) is 6.42 Å². The topological polar surface area (TPSA) is 42.7 Å². The van der Waals surface area contributed by atoms with Crippen LogP contribution in [-0.2, 0) is 13.0 Å². The Hall–Kier alpha value is -1.84. The summed E-state index contributed by atoms with van der Waals surface area (Å²) in [6.45, 7) is 1.04. The molecule has 16 heavy (non-hydrogen) atoms. The second kappa shape index (κ2) is 3.63. The molecule has 2 heterocycles. The lowest BCUT2D eigenvalue weighted by Crippen LogP contribution is -1.99. The zero-order valence-corrected chi connectivity index (χ0v) is 9.27. The van der Waals surface area contributed by atoms with Gasteiger partial charge in [-0.25, -0.2) is 0 Å². The van der Waals surface area contributed by atoms with Crippen LogP contribution < -0.4 is 5.32 Å². The van der Waals surface area contributed by atoms with Crippen molar-refractivity contribution in [2.75, 3.05) is 12.4 Å². The Bertz CT molecular complexity index is 515. The van der Waals surface area contributed by atoms with E-state index in [2.05, 4.69) is 32.2 Å². The fourth-order valence-electron chi connectivity index (χ4n) is 2.25. The SMILES string of the molecule is CNc1ccccc1-c1nnc2n1CCC2. The Kier molecular flexibility index (Phi) is 2.13. The van der Waals surface area contributed by atoms with E-state index in [4.69, 9.17) is 0 Å². The molecule has 1 aromatic heterocycles. The van der Waals surface area contributed by atoms with Crippen molar-refractivity contribution in [3.05, 3.63) is 30.1 Å². The number of fused-ring (bicyclic) bond motifs is 1. The van der Waals surface area contributed by atoms with Gasteiger partial charge in [0.2, 0.25) is 0 Å². The van der Waals surface area contributed by atoms with Crippen LogP contribution in [0, 0.1) is 0 Å². The number of nitrogens with zero attached hydrogens (tertiary/aromatic N) is 3. The molecule has 0 bridgehead atoms. The molecule has 1 aromatic carbocycles. The van der Waals surface area contributed by atoms with Crippen LogP contribution in [0.1, 0.15) is 12.2 Å². The molecular formula is C12H14N4. The van der Waals surface area contributed by atoms with Crippen LogP contribution in [0.25, 0.3) is 11.4 Å². The number of aromatic nitrogens is 3. The maximum Gasteiger partial charge on any atom is 0.166 e. The first kappa shape index (κ1) is 9.39. The lowest BCUT2D eigenvalue weighted by Gasteiger charge is -2.08. The predicted molar refractivity (Wildman–Crippen MR) is 63.3 cm³/mol. The van der Waals surface area contributed by atoms with Crippen molar-refractivity contribution >= 4 is 5.69 Å². The molecule has 0 atom stereocenters. The van der Waals surface area contributed by atoms with Crippen molar-refractivity contribution in [3.8, 4) is 11.4 Å². The molecule has 4 heteroatoms. The van der Waals surface area contributed by atoms with Crippen LogP contribution in [-0.4, -0.2) is 21.8 Å². The Morgan fingerprint density at radius 2 is 2.12 bits per heavy atom. The fraction of sp³-hybridized carbons (Fsp3) is 0.333. The lowest BCUT2D eigenvalue weighted by molar-refractivity contribution is 0.749. The van der Waals surface area contributed by atoms with Crippen molar-refractivity contribution in [3.63, 3.8) is 0 Å². The van der Waals surface area contributed by atoms with E-state index >= 15 is 0 Å². The summed E-state index contributed by atoms with van der Waals surface area (Å²) in [5, 5.41) is 11.7. The largest absolute Gasteiger partial charge is 0.388 e. The minimum atomic E-state index is 0.984. The number of hydrogen-bond donors (Lipinski definition) is 1. The van der Waals surface area contributed by atoms with Gasteiger partial charge in [0.15, 0.2) is 5.82 Å². The van der Waals surface area contributed by atoms with E-state index in [0.29, 0.717) is 0 Å². The van der Waals surface area contributed by atoms with E-state index < -0.39 is 0 Å². The van der Waals surface area contributed by atoms with Crippen molar-refractivity contribution in [2.24, 2.45) is 0 Å². The van der Waals surface area contributed by atoms with Gasteiger partial charge in [-0.3, -0.25) is 0 Å². The summed E-state index contributed by atoms with van der Waals surface area (Å²) < 4.78 is 2.22. The van der Waals surface area contributed by atoms with Gasteiger partial charge in [0.05, 0.1) is 0 Å². The molecule has 3 rings (SSSR count). The Morgan fingerprint density at radius 1 is 1.25 bits per heavy atom. The molecule has 2 aromatic rings. The summed E-state index contributed by atoms with van der Waals surface area (Å²) in [5.41, 5.74) is 2.23. The Labute approximate surface area is 94.3 Å². The smallest absolute Gasteiger partial charge is 0.166 e. The van der Waals surface area contributed by atoms with E-state index in [-0.39, 0.29) is 0 Å². The highest BCUT2D eigenvalue weighted by Crippen LogP contribution is 2.28. The second-order valence-electron chi connectivity index (χ2n) is 3.99. The molecule has 0 unspecified atom stereocenters. The molecule has 1 aliphatic rings. The van der Waals surface area contributed by atoms with Crippen molar-refractivity contribution in [1.29, 1.82) is 0 Å². The summed E-state index contributed by atoms with van der Waals surface area (Å²) >= 11 is 0. The molecule has 0 saturated carbocycles. The third kappa shape index (κ3) is 1.30. The van der Waals surface area contributed by atoms with Crippen molar-refractivity contribution in [1.82, 2.24) is 14.8 Å². The molecule has 82 valence electrons. The number of rotatable bonds is 2. The van der Waals surface area contributed by atoms with Crippen LogP contribution in [0.4, 0.5) is 5.69 Å². The number of hydrogen-bond acceptors (Lipinski definition) is 3. The number of para-hydroxylation sites is 1. The summed E-state index contributed by atoms with van der Waals surface area (Å²) in [6, 6.07) is 8.21. The monoisotopic (exact) mass is 214 g/mol. The minimum Gasteiger partial charge on any atom is -0.388 e. The van der Waals surface area contributed by atoms with Gasteiger partial charge in [-0.05, 0) is 18.6 Å². The quantitative estimate of drug-likeness (QED) is 0.830. The highest BCUT2D eigenvalue weighted by molar-refractivity contribution is 5.73. The third-order valence-corrected chi connectivity index (χ3v) is 3.05. The van der Waals surface area contributed by atoms with Gasteiger partial charge in [-0.2, -0.15) is 0 Å². The van der Waals surface area contributed by atoms with Crippen LogP contribution in [0.3, 0.4) is 0 Å². The van der Waals surface area contributed by atoms with E-state index in [9.17, 15) is 0 Å². The Balaban J connectivity index is 2.15. The van der Waals surface area contributed by atoms with Gasteiger partial charge < -0.3 is 9.88 Å². The first-order valence-corrected chi connectivity index (χ1v) is 5.59. The molecule has 1 N–H and O–H groups in total. The zero-order chi connectivity index (χ0) is 11.0. The van der Waals surface area contributed by atoms with Crippen molar-refractivity contribution < 1.29 is 0 Å². The highest BCUT2D eigenvalue weighted by Gasteiger charge is 2.19. The van der Waals surface area contributed by atoms with E-state index in [1.807, 2.05) is 19.2 Å². The molecule has 4 nitrogen and oxygen atoms in total. The Morgan fingerprint density at radius 3 is 3.00 bits per heavy atom. The molecule has 0 amide bonds. The number of anilines is 1. The minimum absolute atomic E-state index is 0.984. The predicted octanol–water partition coefficient (Wildman–Crippen LogP) is 1.93. The summed E-state index contributed by atoms with van der Waals surface area (Å²) in [5.74, 6) is 2.10. The second-order valence-corrected chi connectivity index (χ2v) is 3.99. The van der Waals surface area contributed by atoms with Gasteiger partial charge in [0.1, 0.15) is 5.82 Å². The lowest BCUT2D eigenvalue weighted by atomic mass is 10.1. The third-order valence-electron chi connectivity index (χ3n) is 3.05. The normalized spacial score (nSPS) is 13.8. The summed E-state index contributed by atoms with van der Waals surface area (Å²) in [6.07, 6.45) is 2.23. The fourth-order valence-corrected chi connectivity index (χ4v) is 2.25. The summed E-state index contributed by atoms with van der Waals surface area (Å²) in [7, 11) is 1.93. The van der Waals surface area contributed by atoms with Crippen molar-refractivity contribution in [2.45, 2.75) is 19.4 Å². The number of aryl methyl sites for hydroxylation is 1. The molecule has 0 fully saturated rings. The molecular weight excluding hydrogens is 200 g/mol. The molecule has 0 radical (unpaired) electrons.